The van der Waals surface area contributed by atoms with Gasteiger partial charge in [-0.05, 0) is 30.3 Å². The van der Waals surface area contributed by atoms with Gasteiger partial charge >= 0.3 is 5.63 Å². The molecule has 3 aromatic rings. The Morgan fingerprint density at radius 3 is 2.75 bits per heavy atom. The van der Waals surface area contributed by atoms with E-state index < -0.39 is 16.9 Å². The number of carbonyl (C=O) groups is 1. The van der Waals surface area contributed by atoms with Crippen LogP contribution in [0.15, 0.2) is 67.6 Å². The number of nitriles is 1. The highest BCUT2D eigenvalue weighted by atomic mass is 79.9. The number of benzene rings is 2. The zero-order valence-electron chi connectivity index (χ0n) is 14.1. The maximum atomic E-state index is 13.3. The minimum atomic E-state index is -1.75. The van der Waals surface area contributed by atoms with E-state index in [1.165, 1.54) is 0 Å². The summed E-state index contributed by atoms with van der Waals surface area (Å²) in [6.45, 7) is 0. The average molecular weight is 436 g/mol. The summed E-state index contributed by atoms with van der Waals surface area (Å²) in [7, 11) is 0. The van der Waals surface area contributed by atoms with Crippen LogP contribution in [0, 0.1) is 11.3 Å². The fraction of sp³-hybridized carbons (Fsp3) is 0.0500. The summed E-state index contributed by atoms with van der Waals surface area (Å²) in [6, 6.07) is 13.9. The normalized spacial score (nSPS) is 19.8. The summed E-state index contributed by atoms with van der Waals surface area (Å²) in [4.78, 5) is 26.3. The predicted octanol–water partition coefficient (Wildman–Crippen LogP) is 2.88. The molecule has 1 amide bonds. The van der Waals surface area contributed by atoms with Crippen LogP contribution in [0.1, 0.15) is 11.1 Å². The number of hydrogen-bond donors (Lipinski definition) is 2. The Bertz CT molecular complexity index is 1350. The van der Waals surface area contributed by atoms with Crippen molar-refractivity contribution in [2.75, 3.05) is 5.32 Å². The van der Waals surface area contributed by atoms with Crippen LogP contribution in [0.2, 0.25) is 0 Å². The number of nitrogens with zero attached hydrogens (tertiary/aromatic N) is 1. The molecule has 0 bridgehead atoms. The van der Waals surface area contributed by atoms with E-state index in [4.69, 9.17) is 14.9 Å². The third-order valence-electron chi connectivity index (χ3n) is 5.06. The van der Waals surface area contributed by atoms with Gasteiger partial charge < -0.3 is 20.2 Å². The topological polar surface area (TPSA) is 118 Å². The van der Waals surface area contributed by atoms with Gasteiger partial charge in [0, 0.05) is 15.7 Å². The van der Waals surface area contributed by atoms with Crippen LogP contribution < -0.4 is 21.4 Å². The van der Waals surface area contributed by atoms with Crippen molar-refractivity contribution in [2.45, 2.75) is 5.41 Å². The average Bonchev–Trinajstić information content (AvgIpc) is 2.94. The summed E-state index contributed by atoms with van der Waals surface area (Å²) in [6.07, 6.45) is 0. The van der Waals surface area contributed by atoms with Crippen LogP contribution in [0.5, 0.6) is 5.75 Å². The molecule has 8 heteroatoms. The fourth-order valence-electron chi connectivity index (χ4n) is 3.93. The first kappa shape index (κ1) is 16.6. The van der Waals surface area contributed by atoms with Gasteiger partial charge in [-0.15, -0.1) is 0 Å². The molecule has 1 aromatic heterocycles. The molecule has 5 rings (SSSR count). The van der Waals surface area contributed by atoms with E-state index in [-0.39, 0.29) is 22.8 Å². The highest BCUT2D eigenvalue weighted by Gasteiger charge is 2.58. The number of hydrogen-bond acceptors (Lipinski definition) is 6. The van der Waals surface area contributed by atoms with E-state index in [1.807, 2.05) is 6.07 Å². The van der Waals surface area contributed by atoms with E-state index in [9.17, 15) is 14.9 Å². The van der Waals surface area contributed by atoms with Gasteiger partial charge in [-0.2, -0.15) is 5.26 Å². The lowest BCUT2D eigenvalue weighted by Crippen LogP contribution is -2.45. The minimum Gasteiger partial charge on any atom is -0.439 e. The number of rotatable bonds is 0. The highest BCUT2D eigenvalue weighted by molar-refractivity contribution is 9.10. The molecular formula is C20H10BrN3O4. The van der Waals surface area contributed by atoms with E-state index in [0.29, 0.717) is 26.7 Å². The molecule has 1 unspecified atom stereocenters. The van der Waals surface area contributed by atoms with Gasteiger partial charge in [0.15, 0.2) is 11.2 Å². The number of nitrogens with two attached hydrogens (primary N) is 1. The van der Waals surface area contributed by atoms with E-state index in [0.717, 1.165) is 0 Å². The van der Waals surface area contributed by atoms with Gasteiger partial charge in [-0.1, -0.05) is 28.1 Å². The van der Waals surface area contributed by atoms with Gasteiger partial charge in [-0.3, -0.25) is 4.79 Å². The fourth-order valence-corrected chi connectivity index (χ4v) is 4.29. The minimum absolute atomic E-state index is 0.0636. The van der Waals surface area contributed by atoms with E-state index >= 15 is 0 Å². The number of carbonyl (C=O) groups excluding carboxylic acids is 1. The molecule has 28 heavy (non-hydrogen) atoms. The number of nitrogens with one attached hydrogen (secondary N) is 1. The van der Waals surface area contributed by atoms with Crippen molar-refractivity contribution in [3.05, 3.63) is 79.9 Å². The molecule has 3 N–H and O–H groups in total. The van der Waals surface area contributed by atoms with Crippen molar-refractivity contribution >= 4 is 38.5 Å². The van der Waals surface area contributed by atoms with Crippen molar-refractivity contribution in [1.29, 1.82) is 5.26 Å². The quantitative estimate of drug-likeness (QED) is 0.524. The standard InChI is InChI=1S/C20H10BrN3O4/c21-9-5-6-13-11(7-9)20(19(26)24-13)12(8-22)17(23)28-16-10-3-1-2-4-14(10)27-18(25)15(16)20/h1-7H,23H2,(H,24,26). The monoisotopic (exact) mass is 435 g/mol. The maximum absolute atomic E-state index is 13.3. The molecule has 1 atom stereocenters. The number of para-hydroxylation sites is 1. The van der Waals surface area contributed by atoms with Crippen LogP contribution in [-0.4, -0.2) is 5.91 Å². The van der Waals surface area contributed by atoms with Crippen LogP contribution in [0.3, 0.4) is 0 Å². The predicted molar refractivity (Wildman–Crippen MR) is 103 cm³/mol. The Kier molecular flexibility index (Phi) is 3.24. The number of anilines is 1. The van der Waals surface area contributed by atoms with Crippen LogP contribution in [-0.2, 0) is 10.2 Å². The van der Waals surface area contributed by atoms with E-state index in [2.05, 4.69) is 21.2 Å². The largest absolute Gasteiger partial charge is 0.439 e. The Balaban J connectivity index is 2.03. The second-order valence-corrected chi connectivity index (χ2v) is 7.35. The van der Waals surface area contributed by atoms with Gasteiger partial charge in [0.25, 0.3) is 0 Å². The van der Waals surface area contributed by atoms with E-state index in [1.54, 1.807) is 42.5 Å². The molecule has 0 fully saturated rings. The van der Waals surface area contributed by atoms with Gasteiger partial charge in [0.2, 0.25) is 11.8 Å². The number of amides is 1. The lowest BCUT2D eigenvalue weighted by molar-refractivity contribution is -0.118. The Morgan fingerprint density at radius 1 is 1.18 bits per heavy atom. The summed E-state index contributed by atoms with van der Waals surface area (Å²) in [5.74, 6) is -0.674. The lowest BCUT2D eigenvalue weighted by atomic mass is 9.69. The van der Waals surface area contributed by atoms with Crippen molar-refractivity contribution in [3.8, 4) is 11.8 Å². The van der Waals surface area contributed by atoms with Crippen LogP contribution >= 0.6 is 15.9 Å². The zero-order valence-corrected chi connectivity index (χ0v) is 15.7. The second kappa shape index (κ2) is 5.47. The van der Waals surface area contributed by atoms with Gasteiger partial charge in [0.05, 0.1) is 5.39 Å². The molecule has 136 valence electrons. The Hall–Kier alpha value is -3.57. The maximum Gasteiger partial charge on any atom is 0.345 e. The molecule has 0 aliphatic carbocycles. The molecule has 2 aliphatic heterocycles. The van der Waals surface area contributed by atoms with Crippen molar-refractivity contribution in [2.24, 2.45) is 5.73 Å². The number of fused-ring (bicyclic) bond motifs is 6. The smallest absolute Gasteiger partial charge is 0.345 e. The second-order valence-electron chi connectivity index (χ2n) is 6.44. The first-order valence-corrected chi connectivity index (χ1v) is 9.03. The highest BCUT2D eigenvalue weighted by Crippen LogP contribution is 2.53. The molecule has 3 heterocycles. The summed E-state index contributed by atoms with van der Waals surface area (Å²) < 4.78 is 11.8. The van der Waals surface area contributed by atoms with Crippen molar-refractivity contribution in [1.82, 2.24) is 0 Å². The van der Waals surface area contributed by atoms with Crippen molar-refractivity contribution in [3.63, 3.8) is 0 Å². The van der Waals surface area contributed by atoms with Crippen LogP contribution in [0.4, 0.5) is 5.69 Å². The van der Waals surface area contributed by atoms with Crippen LogP contribution in [0.25, 0.3) is 11.0 Å². The summed E-state index contributed by atoms with van der Waals surface area (Å²) in [5, 5.41) is 13.1. The number of halogens is 1. The van der Waals surface area contributed by atoms with Gasteiger partial charge in [0.1, 0.15) is 22.8 Å². The third-order valence-corrected chi connectivity index (χ3v) is 5.55. The summed E-state index contributed by atoms with van der Waals surface area (Å²) >= 11 is 3.39. The first-order valence-electron chi connectivity index (χ1n) is 8.24. The molecule has 7 nitrogen and oxygen atoms in total. The molecule has 2 aromatic carbocycles. The number of ether oxygens (including phenoxy) is 1. The first-order chi connectivity index (χ1) is 13.5. The molecule has 0 radical (unpaired) electrons. The Labute approximate surface area is 166 Å². The van der Waals surface area contributed by atoms with Gasteiger partial charge in [-0.25, -0.2) is 4.79 Å². The summed E-state index contributed by atoms with van der Waals surface area (Å²) in [5.41, 5.74) is 4.53. The molecule has 1 spiro atoms. The molecule has 0 saturated heterocycles. The molecule has 2 aliphatic rings. The molecular weight excluding hydrogens is 426 g/mol. The third kappa shape index (κ3) is 1.86. The SMILES string of the molecule is N#CC1=C(N)Oc2c(c(=O)oc3ccccc23)C12C(=O)Nc1ccc(Br)cc12. The lowest BCUT2D eigenvalue weighted by Gasteiger charge is -2.32. The zero-order chi connectivity index (χ0) is 19.6. The Morgan fingerprint density at radius 2 is 1.96 bits per heavy atom. The molecule has 0 saturated carbocycles. The van der Waals surface area contributed by atoms with Crippen molar-refractivity contribution < 1.29 is 13.9 Å².